The first-order chi connectivity index (χ1) is 10.3. The highest BCUT2D eigenvalue weighted by Crippen LogP contribution is 2.33. The van der Waals surface area contributed by atoms with Crippen LogP contribution in [0.15, 0.2) is 18.2 Å². The van der Waals surface area contributed by atoms with Crippen LogP contribution in [0.1, 0.15) is 18.4 Å². The third-order valence-corrected chi connectivity index (χ3v) is 5.29. The van der Waals surface area contributed by atoms with Gasteiger partial charge in [-0.1, -0.05) is 11.6 Å². The molecule has 21 heavy (non-hydrogen) atoms. The van der Waals surface area contributed by atoms with Crippen molar-refractivity contribution in [2.45, 2.75) is 19.4 Å². The van der Waals surface area contributed by atoms with Crippen molar-refractivity contribution in [3.8, 4) is 5.75 Å². The van der Waals surface area contributed by atoms with E-state index in [9.17, 15) is 0 Å². The van der Waals surface area contributed by atoms with Gasteiger partial charge in [0.1, 0.15) is 5.75 Å². The predicted molar refractivity (Wildman–Crippen MR) is 84.8 cm³/mol. The molecule has 2 saturated heterocycles. The van der Waals surface area contributed by atoms with Gasteiger partial charge in [-0.2, -0.15) is 0 Å². The van der Waals surface area contributed by atoms with Crippen molar-refractivity contribution in [2.24, 2.45) is 17.8 Å². The van der Waals surface area contributed by atoms with E-state index >= 15 is 0 Å². The summed E-state index contributed by atoms with van der Waals surface area (Å²) < 4.78 is 6.02. The van der Waals surface area contributed by atoms with E-state index in [1.54, 1.807) is 0 Å². The number of nitrogens with one attached hydrogen (secondary N) is 1. The molecule has 1 aromatic rings. The predicted octanol–water partition coefficient (Wildman–Crippen LogP) is 2.78. The second kappa shape index (κ2) is 5.79. The topological polar surface area (TPSA) is 24.5 Å². The zero-order valence-electron chi connectivity index (χ0n) is 12.4. The number of halogens is 1. The molecule has 1 aromatic carbocycles. The largest absolute Gasteiger partial charge is 0.493 e. The van der Waals surface area contributed by atoms with Crippen molar-refractivity contribution in [2.75, 3.05) is 32.8 Å². The minimum atomic E-state index is 0.783. The lowest BCUT2D eigenvalue weighted by Crippen LogP contribution is -2.25. The third-order valence-electron chi connectivity index (χ3n) is 5.05. The SMILES string of the molecule is Clc1ccc(OCC2CC2)c(CN2C[C@H]3CNC[C@H]3C2)c1. The van der Waals surface area contributed by atoms with Crippen LogP contribution in [0.2, 0.25) is 5.02 Å². The van der Waals surface area contributed by atoms with Crippen LogP contribution >= 0.6 is 11.6 Å². The van der Waals surface area contributed by atoms with Gasteiger partial charge in [0.25, 0.3) is 0 Å². The summed E-state index contributed by atoms with van der Waals surface area (Å²) in [5.74, 6) is 3.48. The van der Waals surface area contributed by atoms with Gasteiger partial charge in [0.15, 0.2) is 0 Å². The Balaban J connectivity index is 1.44. The van der Waals surface area contributed by atoms with Crippen molar-refractivity contribution in [3.63, 3.8) is 0 Å². The van der Waals surface area contributed by atoms with Crippen molar-refractivity contribution in [1.29, 1.82) is 0 Å². The molecule has 2 atom stereocenters. The van der Waals surface area contributed by atoms with E-state index in [1.807, 2.05) is 12.1 Å². The summed E-state index contributed by atoms with van der Waals surface area (Å²) in [5.41, 5.74) is 1.25. The summed E-state index contributed by atoms with van der Waals surface area (Å²) in [5, 5.41) is 4.31. The summed E-state index contributed by atoms with van der Waals surface area (Å²) in [4.78, 5) is 2.56. The van der Waals surface area contributed by atoms with Crippen molar-refractivity contribution >= 4 is 11.6 Å². The molecule has 0 bridgehead atoms. The first kappa shape index (κ1) is 13.9. The highest BCUT2D eigenvalue weighted by atomic mass is 35.5. The molecule has 2 heterocycles. The lowest BCUT2D eigenvalue weighted by molar-refractivity contribution is 0.275. The Morgan fingerprint density at radius 2 is 1.95 bits per heavy atom. The van der Waals surface area contributed by atoms with Crippen LogP contribution in [0.4, 0.5) is 0 Å². The summed E-state index contributed by atoms with van der Waals surface area (Å²) >= 11 is 6.19. The molecule has 0 aromatic heterocycles. The van der Waals surface area contributed by atoms with Gasteiger partial charge in [0.05, 0.1) is 6.61 Å². The number of ether oxygens (including phenoxy) is 1. The lowest BCUT2D eigenvalue weighted by Gasteiger charge is -2.19. The van der Waals surface area contributed by atoms with Gasteiger partial charge >= 0.3 is 0 Å². The summed E-state index contributed by atoms with van der Waals surface area (Å²) in [6, 6.07) is 6.06. The molecule has 114 valence electrons. The Morgan fingerprint density at radius 3 is 2.67 bits per heavy atom. The second-order valence-electron chi connectivity index (χ2n) is 6.88. The number of likely N-dealkylation sites (tertiary alicyclic amines) is 1. The Hall–Kier alpha value is -0.770. The van der Waals surface area contributed by atoms with Crippen LogP contribution in [0.3, 0.4) is 0 Å². The van der Waals surface area contributed by atoms with Crippen molar-refractivity contribution in [1.82, 2.24) is 10.2 Å². The molecule has 0 unspecified atom stereocenters. The summed E-state index contributed by atoms with van der Waals surface area (Å²) in [6.45, 7) is 6.60. The molecule has 0 spiro atoms. The fourth-order valence-corrected chi connectivity index (χ4v) is 3.82. The molecule has 3 nitrogen and oxygen atoms in total. The molecule has 1 aliphatic carbocycles. The molecule has 0 radical (unpaired) electrons. The fourth-order valence-electron chi connectivity index (χ4n) is 3.63. The highest BCUT2D eigenvalue weighted by Gasteiger charge is 2.36. The highest BCUT2D eigenvalue weighted by molar-refractivity contribution is 6.30. The lowest BCUT2D eigenvalue weighted by atomic mass is 10.0. The minimum absolute atomic E-state index is 0.783. The maximum atomic E-state index is 6.19. The first-order valence-electron chi connectivity index (χ1n) is 8.12. The Labute approximate surface area is 131 Å². The molecule has 3 aliphatic rings. The average molecular weight is 307 g/mol. The molecule has 3 fully saturated rings. The Bertz CT molecular complexity index is 506. The number of nitrogens with zero attached hydrogens (tertiary/aromatic N) is 1. The number of fused-ring (bicyclic) bond motifs is 1. The third kappa shape index (κ3) is 3.20. The van der Waals surface area contributed by atoms with Gasteiger partial charge in [0, 0.05) is 30.2 Å². The fraction of sp³-hybridized carbons (Fsp3) is 0.647. The molecule has 1 N–H and O–H groups in total. The zero-order chi connectivity index (χ0) is 14.2. The van der Waals surface area contributed by atoms with Crippen LogP contribution in [-0.4, -0.2) is 37.7 Å². The van der Waals surface area contributed by atoms with E-state index in [-0.39, 0.29) is 0 Å². The van der Waals surface area contributed by atoms with Gasteiger partial charge in [-0.25, -0.2) is 0 Å². The molecule has 4 rings (SSSR count). The summed E-state index contributed by atoms with van der Waals surface area (Å²) in [7, 11) is 0. The van der Waals surface area contributed by atoms with Crippen molar-refractivity contribution < 1.29 is 4.74 Å². The molecular weight excluding hydrogens is 284 g/mol. The standard InChI is InChI=1S/C17H23ClN2O/c18-16-3-4-17(21-11-12-1-2-12)13(5-16)8-20-9-14-6-19-7-15(14)10-20/h3-5,12,14-15,19H,1-2,6-11H2/t14-,15+. The summed E-state index contributed by atoms with van der Waals surface area (Å²) in [6.07, 6.45) is 2.65. The van der Waals surface area contributed by atoms with Crippen LogP contribution in [0.25, 0.3) is 0 Å². The molecule has 1 saturated carbocycles. The second-order valence-corrected chi connectivity index (χ2v) is 7.32. The van der Waals surface area contributed by atoms with Crippen LogP contribution in [0, 0.1) is 17.8 Å². The van der Waals surface area contributed by atoms with E-state index < -0.39 is 0 Å². The molecule has 4 heteroatoms. The maximum absolute atomic E-state index is 6.19. The van der Waals surface area contributed by atoms with Gasteiger partial charge in [0.2, 0.25) is 0 Å². The van der Waals surface area contributed by atoms with Crippen LogP contribution in [-0.2, 0) is 6.54 Å². The first-order valence-corrected chi connectivity index (χ1v) is 8.50. The smallest absolute Gasteiger partial charge is 0.123 e. The number of rotatable bonds is 5. The Morgan fingerprint density at radius 1 is 1.19 bits per heavy atom. The number of hydrogen-bond acceptors (Lipinski definition) is 3. The molecule has 2 aliphatic heterocycles. The number of benzene rings is 1. The van der Waals surface area contributed by atoms with Crippen molar-refractivity contribution in [3.05, 3.63) is 28.8 Å². The minimum Gasteiger partial charge on any atom is -0.493 e. The maximum Gasteiger partial charge on any atom is 0.123 e. The monoisotopic (exact) mass is 306 g/mol. The average Bonchev–Trinajstić information content (AvgIpc) is 3.06. The van der Waals surface area contributed by atoms with E-state index in [4.69, 9.17) is 16.3 Å². The zero-order valence-corrected chi connectivity index (χ0v) is 13.1. The van der Waals surface area contributed by atoms with E-state index in [0.29, 0.717) is 0 Å². The van der Waals surface area contributed by atoms with E-state index in [0.717, 1.165) is 41.7 Å². The normalized spacial score (nSPS) is 28.8. The molecular formula is C17H23ClN2O. The van der Waals surface area contributed by atoms with E-state index in [2.05, 4.69) is 16.3 Å². The van der Waals surface area contributed by atoms with E-state index in [1.165, 1.54) is 44.6 Å². The van der Waals surface area contributed by atoms with Crippen LogP contribution < -0.4 is 10.1 Å². The van der Waals surface area contributed by atoms with Gasteiger partial charge < -0.3 is 10.1 Å². The molecule has 0 amide bonds. The van der Waals surface area contributed by atoms with Gasteiger partial charge in [-0.3, -0.25) is 4.90 Å². The Kier molecular flexibility index (Phi) is 3.82. The quantitative estimate of drug-likeness (QED) is 0.905. The van der Waals surface area contributed by atoms with Gasteiger partial charge in [-0.05, 0) is 61.9 Å². The van der Waals surface area contributed by atoms with Crippen LogP contribution in [0.5, 0.6) is 5.75 Å². The van der Waals surface area contributed by atoms with Gasteiger partial charge in [-0.15, -0.1) is 0 Å². The number of hydrogen-bond donors (Lipinski definition) is 1.